The monoisotopic (exact) mass is 352 g/mol. The van der Waals surface area contributed by atoms with Crippen LogP contribution in [0.5, 0.6) is 0 Å². The zero-order chi connectivity index (χ0) is 18.4. The summed E-state index contributed by atoms with van der Waals surface area (Å²) in [7, 11) is 1.64. The maximum atomic E-state index is 13.3. The fourth-order valence-electron chi connectivity index (χ4n) is 3.61. The van der Waals surface area contributed by atoms with Crippen LogP contribution in [0.3, 0.4) is 0 Å². The highest BCUT2D eigenvalue weighted by Gasteiger charge is 2.37. The van der Waals surface area contributed by atoms with Crippen molar-refractivity contribution in [2.45, 2.75) is 25.4 Å². The number of ketones is 1. The number of rotatable bonds is 7. The lowest BCUT2D eigenvalue weighted by Crippen LogP contribution is -2.43. The SMILES string of the molecule is CCC(Cc1ccccc1)(OC)C(=O)c1ccc(N2CCNCC2)cc1. The van der Waals surface area contributed by atoms with E-state index in [1.165, 1.54) is 5.69 Å². The van der Waals surface area contributed by atoms with Crippen molar-refractivity contribution in [2.24, 2.45) is 0 Å². The van der Waals surface area contributed by atoms with Crippen molar-refractivity contribution < 1.29 is 9.53 Å². The summed E-state index contributed by atoms with van der Waals surface area (Å²) in [6.07, 6.45) is 1.22. The Labute approximate surface area is 156 Å². The Morgan fingerprint density at radius 1 is 1.08 bits per heavy atom. The highest BCUT2D eigenvalue weighted by Crippen LogP contribution is 2.27. The summed E-state index contributed by atoms with van der Waals surface area (Å²) in [5.41, 5.74) is 2.17. The molecular weight excluding hydrogens is 324 g/mol. The predicted molar refractivity (Wildman–Crippen MR) is 106 cm³/mol. The molecule has 0 aliphatic carbocycles. The average Bonchev–Trinajstić information content (AvgIpc) is 2.73. The van der Waals surface area contributed by atoms with Crippen molar-refractivity contribution in [1.82, 2.24) is 5.32 Å². The summed E-state index contributed by atoms with van der Waals surface area (Å²) >= 11 is 0. The van der Waals surface area contributed by atoms with Gasteiger partial charge in [0, 0.05) is 51.0 Å². The van der Waals surface area contributed by atoms with Crippen LogP contribution in [-0.2, 0) is 11.2 Å². The van der Waals surface area contributed by atoms with E-state index >= 15 is 0 Å². The molecule has 0 spiro atoms. The van der Waals surface area contributed by atoms with Gasteiger partial charge in [0.2, 0.25) is 0 Å². The molecule has 0 saturated carbocycles. The lowest BCUT2D eigenvalue weighted by molar-refractivity contribution is -0.000253. The Morgan fingerprint density at radius 3 is 2.31 bits per heavy atom. The second kappa shape index (κ2) is 8.47. The Hall–Kier alpha value is -2.17. The van der Waals surface area contributed by atoms with Gasteiger partial charge in [-0.1, -0.05) is 37.3 Å². The van der Waals surface area contributed by atoms with Gasteiger partial charge < -0.3 is 15.0 Å². The van der Waals surface area contributed by atoms with E-state index in [9.17, 15) is 4.79 Å². The molecule has 2 aromatic carbocycles. The number of carbonyl (C=O) groups excluding carboxylic acids is 1. The van der Waals surface area contributed by atoms with Crippen LogP contribution in [-0.4, -0.2) is 44.7 Å². The third kappa shape index (κ3) is 3.97. The van der Waals surface area contributed by atoms with Gasteiger partial charge in [-0.3, -0.25) is 4.79 Å². The number of piperazine rings is 1. The summed E-state index contributed by atoms with van der Waals surface area (Å²) in [6, 6.07) is 18.1. The second-order valence-electron chi connectivity index (χ2n) is 6.83. The molecule has 0 bridgehead atoms. The Morgan fingerprint density at radius 2 is 1.73 bits per heavy atom. The summed E-state index contributed by atoms with van der Waals surface area (Å²) in [4.78, 5) is 15.6. The Bertz CT molecular complexity index is 703. The average molecular weight is 352 g/mol. The smallest absolute Gasteiger partial charge is 0.194 e. The summed E-state index contributed by atoms with van der Waals surface area (Å²) in [6.45, 7) is 6.01. The third-order valence-corrected chi connectivity index (χ3v) is 5.32. The van der Waals surface area contributed by atoms with Crippen LogP contribution in [0.1, 0.15) is 29.3 Å². The molecule has 0 radical (unpaired) electrons. The number of nitrogens with zero attached hydrogens (tertiary/aromatic N) is 1. The van der Waals surface area contributed by atoms with Gasteiger partial charge in [-0.15, -0.1) is 0 Å². The standard InChI is InChI=1S/C22H28N2O2/c1-3-22(26-2,17-18-7-5-4-6-8-18)21(25)19-9-11-20(12-10-19)24-15-13-23-14-16-24/h4-12,23H,3,13-17H2,1-2H3. The fraction of sp³-hybridized carbons (Fsp3) is 0.409. The van der Waals surface area contributed by atoms with Crippen LogP contribution in [0, 0.1) is 0 Å². The molecule has 1 unspecified atom stereocenters. The van der Waals surface area contributed by atoms with Crippen molar-refractivity contribution in [2.75, 3.05) is 38.2 Å². The molecule has 1 fully saturated rings. The van der Waals surface area contributed by atoms with Crippen LogP contribution < -0.4 is 10.2 Å². The minimum absolute atomic E-state index is 0.0539. The summed E-state index contributed by atoms with van der Waals surface area (Å²) < 4.78 is 5.79. The maximum absolute atomic E-state index is 13.3. The largest absolute Gasteiger partial charge is 0.370 e. The molecule has 4 heteroatoms. The number of benzene rings is 2. The lowest BCUT2D eigenvalue weighted by atomic mass is 9.84. The first-order chi connectivity index (χ1) is 12.7. The van der Waals surface area contributed by atoms with E-state index in [0.717, 1.165) is 31.7 Å². The first-order valence-corrected chi connectivity index (χ1v) is 9.38. The Balaban J connectivity index is 1.80. The van der Waals surface area contributed by atoms with Crippen LogP contribution >= 0.6 is 0 Å². The van der Waals surface area contributed by atoms with Crippen molar-refractivity contribution in [3.05, 3.63) is 65.7 Å². The third-order valence-electron chi connectivity index (χ3n) is 5.32. The van der Waals surface area contributed by atoms with Gasteiger partial charge in [-0.05, 0) is 36.2 Å². The highest BCUT2D eigenvalue weighted by molar-refractivity contribution is 6.03. The Kier molecular flexibility index (Phi) is 6.07. The van der Waals surface area contributed by atoms with Crippen LogP contribution in [0.15, 0.2) is 54.6 Å². The zero-order valence-corrected chi connectivity index (χ0v) is 15.7. The van der Waals surface area contributed by atoms with Gasteiger partial charge in [0.25, 0.3) is 0 Å². The number of ether oxygens (including phenoxy) is 1. The van der Waals surface area contributed by atoms with Gasteiger partial charge in [0.05, 0.1) is 0 Å². The van der Waals surface area contributed by atoms with Crippen molar-refractivity contribution in [3.63, 3.8) is 0 Å². The second-order valence-corrected chi connectivity index (χ2v) is 6.83. The highest BCUT2D eigenvalue weighted by atomic mass is 16.5. The van der Waals surface area contributed by atoms with Gasteiger partial charge >= 0.3 is 0 Å². The van der Waals surface area contributed by atoms with Crippen LogP contribution in [0.25, 0.3) is 0 Å². The van der Waals surface area contributed by atoms with E-state index in [-0.39, 0.29) is 5.78 Å². The summed E-state index contributed by atoms with van der Waals surface area (Å²) in [5.74, 6) is 0.0539. The summed E-state index contributed by atoms with van der Waals surface area (Å²) in [5, 5.41) is 3.36. The van der Waals surface area contributed by atoms with E-state index in [2.05, 4.69) is 22.3 Å². The first-order valence-electron chi connectivity index (χ1n) is 9.38. The quantitative estimate of drug-likeness (QED) is 0.776. The van der Waals surface area contributed by atoms with E-state index in [0.29, 0.717) is 18.4 Å². The molecule has 26 heavy (non-hydrogen) atoms. The topological polar surface area (TPSA) is 41.6 Å². The number of hydrogen-bond acceptors (Lipinski definition) is 4. The molecule has 1 saturated heterocycles. The molecule has 4 nitrogen and oxygen atoms in total. The van der Waals surface area contributed by atoms with Gasteiger partial charge in [-0.2, -0.15) is 0 Å². The molecule has 1 N–H and O–H groups in total. The van der Waals surface area contributed by atoms with Crippen molar-refractivity contribution in [1.29, 1.82) is 0 Å². The molecule has 2 aromatic rings. The van der Waals surface area contributed by atoms with E-state index in [4.69, 9.17) is 4.74 Å². The number of anilines is 1. The van der Waals surface area contributed by atoms with Gasteiger partial charge in [0.1, 0.15) is 5.60 Å². The molecule has 0 amide bonds. The van der Waals surface area contributed by atoms with Gasteiger partial charge in [-0.25, -0.2) is 0 Å². The first kappa shape index (κ1) is 18.6. The van der Waals surface area contributed by atoms with Crippen molar-refractivity contribution >= 4 is 11.5 Å². The molecule has 3 rings (SSSR count). The number of Topliss-reactive ketones (excluding diaryl/α,β-unsaturated/α-hetero) is 1. The van der Waals surface area contributed by atoms with E-state index < -0.39 is 5.60 Å². The molecule has 1 heterocycles. The van der Waals surface area contributed by atoms with E-state index in [1.807, 2.05) is 49.4 Å². The van der Waals surface area contributed by atoms with E-state index in [1.54, 1.807) is 7.11 Å². The van der Waals surface area contributed by atoms with Crippen molar-refractivity contribution in [3.8, 4) is 0 Å². The molecule has 0 aromatic heterocycles. The number of methoxy groups -OCH3 is 1. The minimum atomic E-state index is -0.822. The fourth-order valence-corrected chi connectivity index (χ4v) is 3.61. The number of nitrogens with one attached hydrogen (secondary N) is 1. The molecule has 1 aliphatic heterocycles. The molecular formula is C22H28N2O2. The molecule has 1 atom stereocenters. The molecule has 1 aliphatic rings. The van der Waals surface area contributed by atoms with Crippen LogP contribution in [0.4, 0.5) is 5.69 Å². The predicted octanol–water partition coefficient (Wildman–Crippen LogP) is 3.32. The van der Waals surface area contributed by atoms with Crippen LogP contribution in [0.2, 0.25) is 0 Å². The minimum Gasteiger partial charge on any atom is -0.370 e. The van der Waals surface area contributed by atoms with Gasteiger partial charge in [0.15, 0.2) is 5.78 Å². The number of carbonyl (C=O) groups is 1. The maximum Gasteiger partial charge on any atom is 0.194 e. The normalized spacial score (nSPS) is 16.9. The molecule has 138 valence electrons. The zero-order valence-electron chi connectivity index (χ0n) is 15.7. The number of hydrogen-bond donors (Lipinski definition) is 1. The lowest BCUT2D eigenvalue weighted by Gasteiger charge is -2.31.